The average Bonchev–Trinajstić information content (AvgIpc) is 2.49. The van der Waals surface area contributed by atoms with E-state index in [2.05, 4.69) is 15.9 Å². The van der Waals surface area contributed by atoms with Crippen LogP contribution in [0, 0.1) is 11.3 Å². The maximum absolute atomic E-state index is 12.0. The van der Waals surface area contributed by atoms with Crippen LogP contribution in [0.15, 0.2) is 56.1 Å². The molecule has 0 saturated heterocycles. The van der Waals surface area contributed by atoms with E-state index in [4.69, 9.17) is 4.42 Å². The lowest BCUT2D eigenvalue weighted by Crippen LogP contribution is -2.06. The van der Waals surface area contributed by atoms with Gasteiger partial charge in [-0.15, -0.1) is 0 Å². The minimum absolute atomic E-state index is 0.0330. The number of aromatic hydroxyl groups is 1. The van der Waals surface area contributed by atoms with Crippen molar-refractivity contribution in [1.29, 1.82) is 5.26 Å². The SMILES string of the molecule is N#Cc1c(-c2ccccc2)c2cc(Br)c(O)cc2oc1=O. The predicted molar refractivity (Wildman–Crippen MR) is 82.0 cm³/mol. The summed E-state index contributed by atoms with van der Waals surface area (Å²) in [5.74, 6) is -0.0330. The number of phenols is 1. The lowest BCUT2D eigenvalue weighted by Gasteiger charge is -2.09. The van der Waals surface area contributed by atoms with Crippen molar-refractivity contribution in [2.45, 2.75) is 0 Å². The van der Waals surface area contributed by atoms with Gasteiger partial charge >= 0.3 is 5.63 Å². The third kappa shape index (κ3) is 2.20. The lowest BCUT2D eigenvalue weighted by molar-refractivity contribution is 0.469. The Kier molecular flexibility index (Phi) is 3.24. The number of benzene rings is 2. The van der Waals surface area contributed by atoms with Crippen LogP contribution in [-0.4, -0.2) is 5.11 Å². The van der Waals surface area contributed by atoms with E-state index in [0.717, 1.165) is 5.56 Å². The maximum atomic E-state index is 12.0. The van der Waals surface area contributed by atoms with Crippen LogP contribution in [0.3, 0.4) is 0 Å². The standard InChI is InChI=1S/C16H8BrNO3/c17-12-6-10-14(7-13(12)19)21-16(20)11(8-18)15(10)9-4-2-1-3-5-9/h1-7,19H. The Morgan fingerprint density at radius 1 is 1.19 bits per heavy atom. The number of hydrogen-bond acceptors (Lipinski definition) is 4. The molecule has 0 unspecified atom stereocenters. The first-order valence-electron chi connectivity index (χ1n) is 6.06. The minimum atomic E-state index is -0.717. The molecule has 5 heteroatoms. The molecule has 0 spiro atoms. The van der Waals surface area contributed by atoms with Crippen LogP contribution in [0.5, 0.6) is 5.75 Å². The van der Waals surface area contributed by atoms with E-state index in [1.165, 1.54) is 6.07 Å². The summed E-state index contributed by atoms with van der Waals surface area (Å²) >= 11 is 3.24. The van der Waals surface area contributed by atoms with Crippen molar-refractivity contribution in [2.75, 3.05) is 0 Å². The summed E-state index contributed by atoms with van der Waals surface area (Å²) in [4.78, 5) is 12.0. The second kappa shape index (κ2) is 5.08. The van der Waals surface area contributed by atoms with Crippen LogP contribution >= 0.6 is 15.9 Å². The second-order valence-corrected chi connectivity index (χ2v) is 5.27. The minimum Gasteiger partial charge on any atom is -0.507 e. The van der Waals surface area contributed by atoms with Gasteiger partial charge in [-0.1, -0.05) is 30.3 Å². The van der Waals surface area contributed by atoms with E-state index in [9.17, 15) is 15.2 Å². The molecule has 2 aromatic carbocycles. The molecule has 102 valence electrons. The number of nitrogens with zero attached hydrogens (tertiary/aromatic N) is 1. The van der Waals surface area contributed by atoms with Crippen molar-refractivity contribution < 1.29 is 9.52 Å². The first-order valence-corrected chi connectivity index (χ1v) is 6.86. The van der Waals surface area contributed by atoms with Crippen molar-refractivity contribution in [2.24, 2.45) is 0 Å². The first-order chi connectivity index (χ1) is 10.1. The van der Waals surface area contributed by atoms with Crippen LogP contribution in [0.1, 0.15) is 5.56 Å². The highest BCUT2D eigenvalue weighted by molar-refractivity contribution is 9.10. The topological polar surface area (TPSA) is 74.2 Å². The van der Waals surface area contributed by atoms with Crippen molar-refractivity contribution in [1.82, 2.24) is 0 Å². The molecule has 1 aromatic heterocycles. The molecule has 0 fully saturated rings. The highest BCUT2D eigenvalue weighted by Crippen LogP contribution is 2.35. The van der Waals surface area contributed by atoms with Crippen LogP contribution in [0.25, 0.3) is 22.1 Å². The number of halogens is 1. The van der Waals surface area contributed by atoms with Crippen molar-refractivity contribution >= 4 is 26.9 Å². The third-order valence-corrected chi connectivity index (χ3v) is 3.78. The molecule has 21 heavy (non-hydrogen) atoms. The van der Waals surface area contributed by atoms with Gasteiger partial charge in [-0.25, -0.2) is 4.79 Å². The van der Waals surface area contributed by atoms with Crippen LogP contribution in [-0.2, 0) is 0 Å². The fourth-order valence-corrected chi connectivity index (χ4v) is 2.56. The van der Waals surface area contributed by atoms with Crippen LogP contribution in [0.4, 0.5) is 0 Å². The van der Waals surface area contributed by atoms with E-state index in [-0.39, 0.29) is 16.9 Å². The fraction of sp³-hybridized carbons (Fsp3) is 0. The van der Waals surface area contributed by atoms with Gasteiger partial charge in [0.2, 0.25) is 0 Å². The summed E-state index contributed by atoms with van der Waals surface area (Å²) in [6, 6.07) is 14.0. The van der Waals surface area contributed by atoms with E-state index in [1.54, 1.807) is 6.07 Å². The molecule has 0 amide bonds. The van der Waals surface area contributed by atoms with Crippen LogP contribution < -0.4 is 5.63 Å². The molecule has 0 aliphatic carbocycles. The van der Waals surface area contributed by atoms with Crippen LogP contribution in [0.2, 0.25) is 0 Å². The summed E-state index contributed by atoms with van der Waals surface area (Å²) in [6.45, 7) is 0. The van der Waals surface area contributed by atoms with Gasteiger partial charge in [0, 0.05) is 17.0 Å². The predicted octanol–water partition coefficient (Wildman–Crippen LogP) is 3.80. The molecule has 0 atom stereocenters. The number of nitriles is 1. The Balaban J connectivity index is 2.53. The maximum Gasteiger partial charge on any atom is 0.354 e. The van der Waals surface area contributed by atoms with Crippen molar-refractivity contribution in [3.8, 4) is 22.9 Å². The number of fused-ring (bicyclic) bond motifs is 1. The molecule has 4 nitrogen and oxygen atoms in total. The van der Waals surface area contributed by atoms with Crippen molar-refractivity contribution in [3.63, 3.8) is 0 Å². The smallest absolute Gasteiger partial charge is 0.354 e. The lowest BCUT2D eigenvalue weighted by atomic mass is 9.97. The zero-order valence-corrected chi connectivity index (χ0v) is 12.2. The summed E-state index contributed by atoms with van der Waals surface area (Å²) in [5, 5.41) is 19.6. The van der Waals surface area contributed by atoms with Gasteiger partial charge in [-0.2, -0.15) is 5.26 Å². The van der Waals surface area contributed by atoms with Crippen molar-refractivity contribution in [3.05, 3.63) is 62.9 Å². The largest absolute Gasteiger partial charge is 0.507 e. The van der Waals surface area contributed by atoms with Gasteiger partial charge in [0.05, 0.1) is 4.47 Å². The van der Waals surface area contributed by atoms with Gasteiger partial charge < -0.3 is 9.52 Å². The summed E-state index contributed by atoms with van der Waals surface area (Å²) in [5.41, 5.74) is 0.713. The molecular formula is C16H8BrNO3. The highest BCUT2D eigenvalue weighted by atomic mass is 79.9. The third-order valence-electron chi connectivity index (χ3n) is 3.15. The van der Waals surface area contributed by atoms with E-state index >= 15 is 0 Å². The summed E-state index contributed by atoms with van der Waals surface area (Å²) < 4.78 is 5.59. The normalized spacial score (nSPS) is 10.5. The summed E-state index contributed by atoms with van der Waals surface area (Å²) in [7, 11) is 0. The van der Waals surface area contributed by atoms with E-state index in [1.807, 2.05) is 36.4 Å². The van der Waals surface area contributed by atoms with Gasteiger partial charge in [-0.05, 0) is 27.6 Å². The fourth-order valence-electron chi connectivity index (χ4n) is 2.22. The zero-order chi connectivity index (χ0) is 15.0. The number of rotatable bonds is 1. The Labute approximate surface area is 128 Å². The second-order valence-electron chi connectivity index (χ2n) is 4.42. The van der Waals surface area contributed by atoms with Gasteiger partial charge in [0.15, 0.2) is 0 Å². The molecule has 1 N–H and O–H groups in total. The Hall–Kier alpha value is -2.58. The molecule has 0 radical (unpaired) electrons. The van der Waals surface area contributed by atoms with Gasteiger partial charge in [0.25, 0.3) is 0 Å². The number of phenolic OH excluding ortho intramolecular Hbond substituents is 1. The molecular weight excluding hydrogens is 334 g/mol. The Bertz CT molecular complexity index is 940. The van der Waals surface area contributed by atoms with E-state index in [0.29, 0.717) is 15.4 Å². The highest BCUT2D eigenvalue weighted by Gasteiger charge is 2.17. The van der Waals surface area contributed by atoms with Gasteiger partial charge in [-0.3, -0.25) is 0 Å². The molecule has 3 aromatic rings. The van der Waals surface area contributed by atoms with Gasteiger partial charge in [0.1, 0.15) is 23.0 Å². The first kappa shape index (κ1) is 13.4. The Morgan fingerprint density at radius 2 is 1.90 bits per heavy atom. The monoisotopic (exact) mass is 341 g/mol. The molecule has 0 bridgehead atoms. The molecule has 1 heterocycles. The average molecular weight is 342 g/mol. The molecule has 0 saturated carbocycles. The summed E-state index contributed by atoms with van der Waals surface area (Å²) in [6.07, 6.45) is 0. The zero-order valence-electron chi connectivity index (χ0n) is 10.6. The molecule has 0 aliphatic rings. The quantitative estimate of drug-likeness (QED) is 0.683. The Morgan fingerprint density at radius 3 is 2.57 bits per heavy atom. The number of hydrogen-bond donors (Lipinski definition) is 1. The molecule has 0 aliphatic heterocycles. The van der Waals surface area contributed by atoms with E-state index < -0.39 is 5.63 Å². The molecule has 3 rings (SSSR count).